The Kier molecular flexibility index (Phi) is 6.27. The predicted octanol–water partition coefficient (Wildman–Crippen LogP) is 5.00. The number of phenols is 1. The number of rotatable bonds is 6. The second kappa shape index (κ2) is 9.69. The van der Waals surface area contributed by atoms with Crippen LogP contribution < -0.4 is 5.43 Å². The highest BCUT2D eigenvalue weighted by Crippen LogP contribution is 2.36. The molecule has 0 saturated heterocycles. The number of para-hydroxylation sites is 1. The lowest BCUT2D eigenvalue weighted by Gasteiger charge is -2.42. The maximum atomic E-state index is 13.4. The number of benzene rings is 3. The third-order valence-corrected chi connectivity index (χ3v) is 6.27. The molecule has 5 rings (SSSR count). The number of hydrogen-bond donors (Lipinski definition) is 3. The number of allylic oxidation sites excluding steroid dienone is 4. The van der Waals surface area contributed by atoms with Crippen LogP contribution in [0.25, 0.3) is 11.1 Å². The quantitative estimate of drug-likeness (QED) is 0.146. The lowest BCUT2D eigenvalue weighted by atomic mass is 9.92. The number of hydrogen-bond acceptors (Lipinski definition) is 6. The van der Waals surface area contributed by atoms with Crippen molar-refractivity contribution in [3.05, 3.63) is 125 Å². The van der Waals surface area contributed by atoms with Gasteiger partial charge in [-0.05, 0) is 41.5 Å². The molecule has 0 fully saturated rings. The Hall–Kier alpha value is -4.79. The zero-order valence-corrected chi connectivity index (χ0v) is 19.7. The number of hydrazone groups is 1. The van der Waals surface area contributed by atoms with Crippen LogP contribution in [0.15, 0.2) is 113 Å². The zero-order valence-electron chi connectivity index (χ0n) is 19.7. The molecule has 0 bridgehead atoms. The monoisotopic (exact) mass is 493 g/mol. The lowest BCUT2D eigenvalue weighted by molar-refractivity contribution is -0.838. The third-order valence-electron chi connectivity index (χ3n) is 6.27. The zero-order chi connectivity index (χ0) is 26.0. The van der Waals surface area contributed by atoms with Crippen molar-refractivity contribution in [2.75, 3.05) is 12.0 Å². The number of hydroxylamine groups is 3. The van der Waals surface area contributed by atoms with E-state index < -0.39 is 10.6 Å². The van der Waals surface area contributed by atoms with Gasteiger partial charge in [-0.25, -0.2) is 4.79 Å². The highest BCUT2D eigenvalue weighted by atomic mass is 16.5. The average Bonchev–Trinajstić information content (AvgIpc) is 2.90. The van der Waals surface area contributed by atoms with Crippen molar-refractivity contribution < 1.29 is 24.4 Å². The van der Waals surface area contributed by atoms with Gasteiger partial charge in [0.2, 0.25) is 5.78 Å². The number of anilines is 1. The smallest absolute Gasteiger partial charge is 0.335 e. The van der Waals surface area contributed by atoms with Gasteiger partial charge >= 0.3 is 5.97 Å². The summed E-state index contributed by atoms with van der Waals surface area (Å²) in [7, 11) is 0. The fourth-order valence-corrected chi connectivity index (χ4v) is 4.38. The minimum absolute atomic E-state index is 0.0103. The predicted molar refractivity (Wildman–Crippen MR) is 141 cm³/mol. The first-order chi connectivity index (χ1) is 17.8. The molecule has 3 aromatic carbocycles. The summed E-state index contributed by atoms with van der Waals surface area (Å²) in [5.74, 6) is -1.56. The molecule has 1 aliphatic carbocycles. The summed E-state index contributed by atoms with van der Waals surface area (Å²) >= 11 is 0. The number of carboxylic acids is 1. The molecule has 3 N–H and O–H groups in total. The largest absolute Gasteiger partial charge is 0.627 e. The minimum atomic E-state index is -1.07. The van der Waals surface area contributed by atoms with Crippen LogP contribution in [0.4, 0.5) is 5.69 Å². The summed E-state index contributed by atoms with van der Waals surface area (Å²) in [5.41, 5.74) is 6.08. The van der Waals surface area contributed by atoms with Crippen molar-refractivity contribution in [3.63, 3.8) is 0 Å². The van der Waals surface area contributed by atoms with Crippen molar-refractivity contribution in [3.8, 4) is 16.9 Å². The molecule has 1 atom stereocenters. The number of ketones is 1. The number of nitrogens with one attached hydrogen (secondary N) is 1. The molecule has 37 heavy (non-hydrogen) atoms. The minimum Gasteiger partial charge on any atom is -0.627 e. The van der Waals surface area contributed by atoms with E-state index in [0.717, 1.165) is 5.56 Å². The Labute approximate surface area is 213 Å². The van der Waals surface area contributed by atoms with Crippen LogP contribution in [0, 0.1) is 5.21 Å². The SMILES string of the molecule is O=C1C(=NNc2cccc(-c3cccc(C(=O)O)c3)c2O)C=CC2=C1C[N+]([O-])(Cc1ccccc1)C=C2. The Morgan fingerprint density at radius 1 is 1.00 bits per heavy atom. The number of aromatic hydroxyl groups is 1. The normalized spacial score (nSPS) is 19.7. The highest BCUT2D eigenvalue weighted by molar-refractivity contribution is 6.51. The maximum Gasteiger partial charge on any atom is 0.335 e. The van der Waals surface area contributed by atoms with Gasteiger partial charge in [0.15, 0.2) is 0 Å². The van der Waals surface area contributed by atoms with Gasteiger partial charge in [-0.1, -0.05) is 60.7 Å². The van der Waals surface area contributed by atoms with Crippen molar-refractivity contribution in [2.24, 2.45) is 5.10 Å². The Morgan fingerprint density at radius 2 is 1.78 bits per heavy atom. The molecule has 0 aromatic heterocycles. The second-order valence-corrected chi connectivity index (χ2v) is 8.86. The molecule has 0 saturated carbocycles. The molecular weight excluding hydrogens is 470 g/mol. The van der Waals surface area contributed by atoms with Crippen molar-refractivity contribution in [1.29, 1.82) is 0 Å². The van der Waals surface area contributed by atoms with E-state index in [1.165, 1.54) is 12.1 Å². The topological polar surface area (TPSA) is 122 Å². The molecule has 0 spiro atoms. The van der Waals surface area contributed by atoms with Gasteiger partial charge in [0.05, 0.1) is 23.0 Å². The van der Waals surface area contributed by atoms with Crippen LogP contribution in [0.1, 0.15) is 15.9 Å². The Bertz CT molecular complexity index is 1520. The summed E-state index contributed by atoms with van der Waals surface area (Å²) < 4.78 is -0.679. The summed E-state index contributed by atoms with van der Waals surface area (Å²) in [6.45, 7) is 0.198. The molecule has 184 valence electrons. The summed E-state index contributed by atoms with van der Waals surface area (Å²) in [5, 5.41) is 37.7. The number of nitrogens with zero attached hydrogens (tertiary/aromatic N) is 2. The van der Waals surface area contributed by atoms with E-state index in [-0.39, 0.29) is 41.6 Å². The van der Waals surface area contributed by atoms with Crippen LogP contribution in [0.2, 0.25) is 0 Å². The van der Waals surface area contributed by atoms with E-state index in [1.54, 1.807) is 54.8 Å². The van der Waals surface area contributed by atoms with Gasteiger partial charge < -0.3 is 20.1 Å². The van der Waals surface area contributed by atoms with Gasteiger partial charge in [0.25, 0.3) is 0 Å². The number of carboxylic acid groups (broad SMARTS) is 1. The first-order valence-corrected chi connectivity index (χ1v) is 11.6. The summed E-state index contributed by atoms with van der Waals surface area (Å²) in [6.07, 6.45) is 6.55. The molecule has 1 unspecified atom stereocenters. The van der Waals surface area contributed by atoms with Gasteiger partial charge in [-0.3, -0.25) is 10.2 Å². The average molecular weight is 494 g/mol. The Morgan fingerprint density at radius 3 is 2.57 bits per heavy atom. The fourth-order valence-electron chi connectivity index (χ4n) is 4.38. The number of carbonyl (C=O) groups is 2. The van der Waals surface area contributed by atoms with Crippen molar-refractivity contribution in [1.82, 2.24) is 0 Å². The van der Waals surface area contributed by atoms with E-state index in [2.05, 4.69) is 10.5 Å². The molecule has 0 radical (unpaired) electrons. The maximum absolute atomic E-state index is 13.4. The molecule has 8 heteroatoms. The van der Waals surface area contributed by atoms with E-state index in [9.17, 15) is 25.0 Å². The first kappa shape index (κ1) is 23.9. The molecule has 0 amide bonds. The van der Waals surface area contributed by atoms with Gasteiger partial charge in [0, 0.05) is 11.1 Å². The number of phenolic OH excluding ortho intramolecular Hbond substituents is 1. The number of quaternary nitrogens is 1. The molecular formula is C29H23N3O5. The van der Waals surface area contributed by atoms with Crippen molar-refractivity contribution >= 4 is 23.2 Å². The molecule has 3 aromatic rings. The first-order valence-electron chi connectivity index (χ1n) is 11.6. The molecule has 1 heterocycles. The Balaban J connectivity index is 1.36. The molecule has 2 aliphatic rings. The van der Waals surface area contributed by atoms with Crippen LogP contribution in [-0.4, -0.2) is 38.9 Å². The van der Waals surface area contributed by atoms with Gasteiger partial charge in [0.1, 0.15) is 24.6 Å². The third kappa shape index (κ3) is 4.97. The number of carbonyl (C=O) groups excluding carboxylic acids is 1. The number of Topliss-reactive ketones (excluding diaryl/α,β-unsaturated/α-hetero) is 1. The fraction of sp³-hybridized carbons (Fsp3) is 0.0690. The van der Waals surface area contributed by atoms with Gasteiger partial charge in [-0.15, -0.1) is 0 Å². The molecule has 1 aliphatic heterocycles. The van der Waals surface area contributed by atoms with E-state index in [4.69, 9.17) is 0 Å². The van der Waals surface area contributed by atoms with Crippen molar-refractivity contribution in [2.45, 2.75) is 6.54 Å². The van der Waals surface area contributed by atoms with Gasteiger partial charge in [-0.2, -0.15) is 5.10 Å². The highest BCUT2D eigenvalue weighted by Gasteiger charge is 2.31. The second-order valence-electron chi connectivity index (χ2n) is 8.86. The van der Waals surface area contributed by atoms with E-state index in [1.807, 2.05) is 30.3 Å². The standard InChI is InChI=1S/C29H23N3O5/c33-27-23(21-8-4-9-22(16-21)29(35)36)10-5-11-25(27)30-31-26-13-12-20-14-15-32(37,18-24(20)28(26)34)17-19-6-2-1-3-7-19/h1-16,30,33H,17-18H2,(H,35,36). The van der Waals surface area contributed by atoms with Crippen LogP contribution in [0.5, 0.6) is 5.75 Å². The van der Waals surface area contributed by atoms with Crippen LogP contribution in [-0.2, 0) is 11.3 Å². The number of aromatic carboxylic acids is 1. The summed E-state index contributed by atoms with van der Waals surface area (Å²) in [6, 6.07) is 20.6. The van der Waals surface area contributed by atoms with Crippen LogP contribution in [0.3, 0.4) is 0 Å². The lowest BCUT2D eigenvalue weighted by Crippen LogP contribution is -2.42. The molecule has 8 nitrogen and oxygen atoms in total. The van der Waals surface area contributed by atoms with E-state index in [0.29, 0.717) is 22.3 Å². The van der Waals surface area contributed by atoms with Crippen LogP contribution >= 0.6 is 0 Å². The summed E-state index contributed by atoms with van der Waals surface area (Å²) in [4.78, 5) is 24.5. The van der Waals surface area contributed by atoms with E-state index >= 15 is 0 Å².